The number of esters is 1. The average molecular weight is 309 g/mol. The first-order chi connectivity index (χ1) is 9.92. The van der Waals surface area contributed by atoms with Gasteiger partial charge in [0.25, 0.3) is 5.91 Å². The van der Waals surface area contributed by atoms with Crippen LogP contribution in [0.2, 0.25) is 0 Å². The van der Waals surface area contributed by atoms with Crippen molar-refractivity contribution in [3.8, 4) is 0 Å². The van der Waals surface area contributed by atoms with Gasteiger partial charge in [-0.05, 0) is 19.4 Å². The monoisotopic (exact) mass is 309 g/mol. The number of alkyl halides is 1. The number of hydrogen-bond donors (Lipinski definition) is 0. The molecule has 0 aromatic heterocycles. The van der Waals surface area contributed by atoms with Crippen LogP contribution in [0.15, 0.2) is 30.3 Å². The third-order valence-electron chi connectivity index (χ3n) is 3.82. The number of carbonyl (C=O) groups is 2. The highest BCUT2D eigenvalue weighted by Gasteiger charge is 2.64. The summed E-state index contributed by atoms with van der Waals surface area (Å²) in [6, 6.07) is 8.60. The number of benzene rings is 1. The minimum absolute atomic E-state index is 0.155. The van der Waals surface area contributed by atoms with Crippen molar-refractivity contribution in [2.75, 3.05) is 0 Å². The molecule has 1 aromatic carbocycles. The topological polar surface area (TPSA) is 46.6 Å². The molecule has 3 atom stereocenters. The van der Waals surface area contributed by atoms with E-state index in [4.69, 9.17) is 4.74 Å². The summed E-state index contributed by atoms with van der Waals surface area (Å²) in [5.74, 6) is -1.08. The molecule has 112 valence electrons. The molecule has 2 heterocycles. The maximum absolute atomic E-state index is 13.5. The summed E-state index contributed by atoms with van der Waals surface area (Å²) < 4.78 is 18.3. The second-order valence-corrected chi connectivity index (χ2v) is 7.53. The van der Waals surface area contributed by atoms with Gasteiger partial charge in [-0.2, -0.15) is 0 Å². The highest BCUT2D eigenvalue weighted by Crippen LogP contribution is 2.51. The van der Waals surface area contributed by atoms with E-state index in [1.54, 1.807) is 0 Å². The van der Waals surface area contributed by atoms with Gasteiger partial charge in [0.2, 0.25) is 6.17 Å². The van der Waals surface area contributed by atoms with E-state index >= 15 is 0 Å². The van der Waals surface area contributed by atoms with Gasteiger partial charge in [0.15, 0.2) is 0 Å². The van der Waals surface area contributed by atoms with Gasteiger partial charge in [-0.3, -0.25) is 4.79 Å². The molecule has 6 heteroatoms. The van der Waals surface area contributed by atoms with Crippen molar-refractivity contribution in [2.24, 2.45) is 0 Å². The third-order valence-corrected chi connectivity index (χ3v) is 5.36. The zero-order valence-corrected chi connectivity index (χ0v) is 12.6. The SMILES string of the molecule is CC1(C)S[C@@H]2[C@H](F)C(=O)N2[C@H]1C(=O)OCc1ccccc1. The van der Waals surface area contributed by atoms with Crippen molar-refractivity contribution in [1.82, 2.24) is 4.90 Å². The van der Waals surface area contributed by atoms with E-state index in [0.29, 0.717) is 0 Å². The van der Waals surface area contributed by atoms with E-state index in [0.717, 1.165) is 5.56 Å². The van der Waals surface area contributed by atoms with Gasteiger partial charge >= 0.3 is 5.97 Å². The van der Waals surface area contributed by atoms with Gasteiger partial charge in [0.1, 0.15) is 18.0 Å². The Labute approximate surface area is 126 Å². The van der Waals surface area contributed by atoms with Crippen LogP contribution in [0.25, 0.3) is 0 Å². The summed E-state index contributed by atoms with van der Waals surface area (Å²) in [4.78, 5) is 25.3. The van der Waals surface area contributed by atoms with Gasteiger partial charge in [-0.1, -0.05) is 30.3 Å². The number of nitrogens with zero attached hydrogens (tertiary/aromatic N) is 1. The average Bonchev–Trinajstić information content (AvgIpc) is 2.74. The second-order valence-electron chi connectivity index (χ2n) is 5.75. The number of carbonyl (C=O) groups excluding carboxylic acids is 2. The van der Waals surface area contributed by atoms with Crippen LogP contribution >= 0.6 is 11.8 Å². The van der Waals surface area contributed by atoms with Crippen molar-refractivity contribution in [2.45, 2.75) is 42.8 Å². The van der Waals surface area contributed by atoms with Crippen molar-refractivity contribution in [3.05, 3.63) is 35.9 Å². The number of amides is 1. The van der Waals surface area contributed by atoms with Crippen LogP contribution in [0.1, 0.15) is 19.4 Å². The fourth-order valence-corrected chi connectivity index (χ4v) is 4.29. The number of rotatable bonds is 3. The lowest BCUT2D eigenvalue weighted by Gasteiger charge is -2.39. The Kier molecular flexibility index (Phi) is 3.43. The van der Waals surface area contributed by atoms with Crippen LogP contribution in [0, 0.1) is 0 Å². The van der Waals surface area contributed by atoms with Gasteiger partial charge < -0.3 is 9.64 Å². The minimum Gasteiger partial charge on any atom is -0.459 e. The smallest absolute Gasteiger partial charge is 0.330 e. The first-order valence-corrected chi connectivity index (χ1v) is 7.64. The van der Waals surface area contributed by atoms with E-state index in [1.165, 1.54) is 16.7 Å². The summed E-state index contributed by atoms with van der Waals surface area (Å²) in [6.07, 6.45) is -1.50. The Morgan fingerprint density at radius 3 is 2.71 bits per heavy atom. The molecule has 0 N–H and O–H groups in total. The maximum Gasteiger partial charge on any atom is 0.330 e. The third kappa shape index (κ3) is 2.31. The van der Waals surface area contributed by atoms with E-state index in [-0.39, 0.29) is 6.61 Å². The van der Waals surface area contributed by atoms with Gasteiger partial charge in [-0.15, -0.1) is 11.8 Å². The van der Waals surface area contributed by atoms with Crippen LogP contribution in [0.5, 0.6) is 0 Å². The Bertz CT molecular complexity index is 578. The van der Waals surface area contributed by atoms with Crippen LogP contribution in [0.4, 0.5) is 4.39 Å². The summed E-state index contributed by atoms with van der Waals surface area (Å²) in [7, 11) is 0. The molecule has 1 aromatic rings. The summed E-state index contributed by atoms with van der Waals surface area (Å²) in [5.41, 5.74) is 0.879. The highest BCUT2D eigenvalue weighted by atomic mass is 32.2. The molecule has 21 heavy (non-hydrogen) atoms. The molecule has 0 radical (unpaired) electrons. The lowest BCUT2D eigenvalue weighted by atomic mass is 9.97. The fourth-order valence-electron chi connectivity index (χ4n) is 2.75. The zero-order chi connectivity index (χ0) is 15.2. The van der Waals surface area contributed by atoms with Crippen LogP contribution < -0.4 is 0 Å². The molecule has 0 aliphatic carbocycles. The van der Waals surface area contributed by atoms with Gasteiger partial charge in [0.05, 0.1) is 0 Å². The van der Waals surface area contributed by atoms with E-state index in [1.807, 2.05) is 44.2 Å². The lowest BCUT2D eigenvalue weighted by Crippen LogP contribution is -2.64. The van der Waals surface area contributed by atoms with Crippen LogP contribution in [-0.4, -0.2) is 39.1 Å². The Hall–Kier alpha value is -1.56. The predicted molar refractivity (Wildman–Crippen MR) is 77.2 cm³/mol. The zero-order valence-electron chi connectivity index (χ0n) is 11.8. The summed E-state index contributed by atoms with van der Waals surface area (Å²) >= 11 is 1.32. The van der Waals surface area contributed by atoms with Crippen molar-refractivity contribution in [1.29, 1.82) is 0 Å². The normalized spacial score (nSPS) is 29.8. The molecular weight excluding hydrogens is 293 g/mol. The standard InChI is InChI=1S/C15H16FNO3S/c1-15(2)11(17-12(18)10(16)13(17)21-15)14(19)20-8-9-6-4-3-5-7-9/h3-7,10-11,13H,8H2,1-2H3/t10-,11+,13-/m1/s1. The molecule has 0 saturated carbocycles. The molecule has 3 rings (SSSR count). The number of hydrogen-bond acceptors (Lipinski definition) is 4. The maximum atomic E-state index is 13.5. The molecular formula is C15H16FNO3S. The van der Waals surface area contributed by atoms with Crippen LogP contribution in [-0.2, 0) is 20.9 Å². The van der Waals surface area contributed by atoms with Crippen molar-refractivity contribution in [3.63, 3.8) is 0 Å². The van der Waals surface area contributed by atoms with Gasteiger partial charge in [-0.25, -0.2) is 9.18 Å². The Balaban J connectivity index is 1.70. The van der Waals surface area contributed by atoms with E-state index < -0.39 is 34.2 Å². The summed E-state index contributed by atoms with van der Waals surface area (Å²) in [5, 5.41) is -0.554. The Morgan fingerprint density at radius 1 is 1.38 bits per heavy atom. The fraction of sp³-hybridized carbons (Fsp3) is 0.467. The minimum atomic E-state index is -1.50. The lowest BCUT2D eigenvalue weighted by molar-refractivity contribution is -0.168. The molecule has 0 unspecified atom stereocenters. The Morgan fingerprint density at radius 2 is 2.05 bits per heavy atom. The largest absolute Gasteiger partial charge is 0.459 e. The van der Waals surface area contributed by atoms with Crippen molar-refractivity contribution < 1.29 is 18.7 Å². The molecule has 2 saturated heterocycles. The molecule has 1 amide bonds. The van der Waals surface area contributed by atoms with Gasteiger partial charge in [0, 0.05) is 4.75 Å². The van der Waals surface area contributed by atoms with Crippen molar-refractivity contribution >= 4 is 23.6 Å². The summed E-state index contributed by atoms with van der Waals surface area (Å²) in [6.45, 7) is 3.83. The number of ether oxygens (including phenoxy) is 1. The number of β-lactam (4-membered cyclic amide) rings is 1. The first kappa shape index (κ1) is 14.4. The van der Waals surface area contributed by atoms with E-state index in [2.05, 4.69) is 0 Å². The molecule has 2 fully saturated rings. The number of fused-ring (bicyclic) bond motifs is 1. The molecule has 4 nitrogen and oxygen atoms in total. The second kappa shape index (κ2) is 5.02. The first-order valence-electron chi connectivity index (χ1n) is 6.76. The molecule has 0 spiro atoms. The van der Waals surface area contributed by atoms with Crippen LogP contribution in [0.3, 0.4) is 0 Å². The molecule has 2 aliphatic heterocycles. The highest BCUT2D eigenvalue weighted by molar-refractivity contribution is 8.01. The molecule has 0 bridgehead atoms. The molecule has 2 aliphatic rings. The number of thioether (sulfide) groups is 1. The predicted octanol–water partition coefficient (Wildman–Crippen LogP) is 2.13. The number of halogens is 1. The van der Waals surface area contributed by atoms with E-state index in [9.17, 15) is 14.0 Å². The quantitative estimate of drug-likeness (QED) is 0.634.